The second-order valence-electron chi connectivity index (χ2n) is 3.96. The third kappa shape index (κ3) is 0.951. The van der Waals surface area contributed by atoms with E-state index in [4.69, 9.17) is 4.74 Å². The summed E-state index contributed by atoms with van der Waals surface area (Å²) >= 11 is 3.59. The van der Waals surface area contributed by atoms with Crippen LogP contribution in [0, 0.1) is 11.3 Å². The molecule has 2 fully saturated rings. The van der Waals surface area contributed by atoms with Crippen LogP contribution in [0.25, 0.3) is 0 Å². The van der Waals surface area contributed by atoms with Crippen LogP contribution in [0.2, 0.25) is 0 Å². The van der Waals surface area contributed by atoms with E-state index in [1.54, 1.807) is 0 Å². The molecule has 2 rings (SSSR count). The van der Waals surface area contributed by atoms with Crippen molar-refractivity contribution >= 4 is 21.9 Å². The van der Waals surface area contributed by atoms with Crippen LogP contribution in [-0.2, 0) is 9.53 Å². The molecule has 2 bridgehead atoms. The highest BCUT2D eigenvalue weighted by Crippen LogP contribution is 2.57. The summed E-state index contributed by atoms with van der Waals surface area (Å²) in [6.07, 6.45) is 4.40. The summed E-state index contributed by atoms with van der Waals surface area (Å²) in [5.74, 6) is 0.748. The van der Waals surface area contributed by atoms with Crippen molar-refractivity contribution in [3.05, 3.63) is 0 Å². The summed E-state index contributed by atoms with van der Waals surface area (Å²) in [6, 6.07) is 0. The fraction of sp³-hybridized carbons (Fsp3) is 0.889. The molecule has 2 aliphatic rings. The van der Waals surface area contributed by atoms with E-state index >= 15 is 0 Å². The van der Waals surface area contributed by atoms with Crippen molar-refractivity contribution in [3.8, 4) is 0 Å². The maximum Gasteiger partial charge on any atom is 0.312 e. The van der Waals surface area contributed by atoms with Crippen LogP contribution in [0.1, 0.15) is 25.7 Å². The zero-order chi connectivity index (χ0) is 8.77. The predicted octanol–water partition coefficient (Wildman–Crippen LogP) is 2.11. The van der Waals surface area contributed by atoms with Gasteiger partial charge in [0, 0.05) is 4.83 Å². The van der Waals surface area contributed by atoms with E-state index in [2.05, 4.69) is 15.9 Å². The minimum absolute atomic E-state index is 0.00984. The standard InChI is InChI=1S/C9H13BrO2/c1-12-8(11)9-3-2-6(5-9)4-7(9)10/h6-7H,2-5H2,1H3/t6-,7-,9-/m1/s1. The van der Waals surface area contributed by atoms with E-state index in [1.165, 1.54) is 13.5 Å². The Balaban J connectivity index is 2.23. The van der Waals surface area contributed by atoms with Crippen molar-refractivity contribution in [1.29, 1.82) is 0 Å². The number of halogens is 1. The Morgan fingerprint density at radius 1 is 1.67 bits per heavy atom. The first-order valence-corrected chi connectivity index (χ1v) is 5.33. The maximum atomic E-state index is 11.6. The van der Waals surface area contributed by atoms with Gasteiger partial charge in [-0.15, -0.1) is 0 Å². The highest BCUT2D eigenvalue weighted by atomic mass is 79.9. The topological polar surface area (TPSA) is 26.3 Å². The van der Waals surface area contributed by atoms with Gasteiger partial charge in [0.15, 0.2) is 0 Å². The lowest BCUT2D eigenvalue weighted by Gasteiger charge is -2.28. The first-order valence-electron chi connectivity index (χ1n) is 4.41. The molecular formula is C9H13BrO2. The highest BCUT2D eigenvalue weighted by molar-refractivity contribution is 9.09. The van der Waals surface area contributed by atoms with Crippen molar-refractivity contribution < 1.29 is 9.53 Å². The number of fused-ring (bicyclic) bond motifs is 2. The SMILES string of the molecule is COC(=O)[C@@]12CC[C@H](C[C@H]1Br)C2. The Morgan fingerprint density at radius 2 is 2.42 bits per heavy atom. The van der Waals surface area contributed by atoms with Gasteiger partial charge in [-0.1, -0.05) is 15.9 Å². The largest absolute Gasteiger partial charge is 0.469 e. The van der Waals surface area contributed by atoms with E-state index in [0.717, 1.165) is 25.2 Å². The molecular weight excluding hydrogens is 220 g/mol. The molecule has 2 aliphatic carbocycles. The Kier molecular flexibility index (Phi) is 1.94. The van der Waals surface area contributed by atoms with Crippen LogP contribution in [0.15, 0.2) is 0 Å². The molecule has 0 saturated heterocycles. The number of carbonyl (C=O) groups excluding carboxylic acids is 1. The number of carbonyl (C=O) groups is 1. The number of hydrogen-bond donors (Lipinski definition) is 0. The molecule has 0 spiro atoms. The summed E-state index contributed by atoms with van der Waals surface area (Å²) in [4.78, 5) is 11.9. The van der Waals surface area contributed by atoms with Gasteiger partial charge < -0.3 is 4.74 Å². The highest BCUT2D eigenvalue weighted by Gasteiger charge is 2.56. The summed E-state index contributed by atoms with van der Waals surface area (Å²) in [6.45, 7) is 0. The van der Waals surface area contributed by atoms with Gasteiger partial charge in [0.25, 0.3) is 0 Å². The molecule has 0 heterocycles. The van der Waals surface area contributed by atoms with Crippen molar-refractivity contribution in [2.45, 2.75) is 30.5 Å². The fourth-order valence-electron chi connectivity index (χ4n) is 2.70. The second kappa shape index (κ2) is 2.72. The van der Waals surface area contributed by atoms with Crippen molar-refractivity contribution in [2.75, 3.05) is 7.11 Å². The Hall–Kier alpha value is -0.0500. The van der Waals surface area contributed by atoms with Crippen LogP contribution in [0.3, 0.4) is 0 Å². The van der Waals surface area contributed by atoms with Gasteiger partial charge in [-0.05, 0) is 31.6 Å². The maximum absolute atomic E-state index is 11.6. The van der Waals surface area contributed by atoms with E-state index in [-0.39, 0.29) is 11.4 Å². The molecule has 3 atom stereocenters. The first kappa shape index (κ1) is 8.54. The molecule has 0 unspecified atom stereocenters. The quantitative estimate of drug-likeness (QED) is 0.512. The number of rotatable bonds is 1. The van der Waals surface area contributed by atoms with Gasteiger partial charge in [0.05, 0.1) is 12.5 Å². The van der Waals surface area contributed by atoms with Crippen LogP contribution >= 0.6 is 15.9 Å². The minimum Gasteiger partial charge on any atom is -0.469 e. The number of esters is 1. The van der Waals surface area contributed by atoms with Gasteiger partial charge in [0.1, 0.15) is 0 Å². The lowest BCUT2D eigenvalue weighted by molar-refractivity contribution is -0.151. The van der Waals surface area contributed by atoms with Gasteiger partial charge in [-0.25, -0.2) is 0 Å². The van der Waals surface area contributed by atoms with Crippen molar-refractivity contribution in [1.82, 2.24) is 0 Å². The Labute approximate surface area is 80.8 Å². The fourth-order valence-corrected chi connectivity index (χ4v) is 3.83. The van der Waals surface area contributed by atoms with E-state index < -0.39 is 0 Å². The van der Waals surface area contributed by atoms with Crippen LogP contribution in [-0.4, -0.2) is 17.9 Å². The molecule has 0 N–H and O–H groups in total. The normalized spacial score (nSPS) is 44.8. The zero-order valence-electron chi connectivity index (χ0n) is 7.18. The smallest absolute Gasteiger partial charge is 0.312 e. The van der Waals surface area contributed by atoms with Gasteiger partial charge in [0.2, 0.25) is 0 Å². The lowest BCUT2D eigenvalue weighted by Crippen LogP contribution is -2.35. The Morgan fingerprint density at radius 3 is 2.83 bits per heavy atom. The molecule has 3 heteroatoms. The molecule has 2 nitrogen and oxygen atoms in total. The molecule has 0 aromatic heterocycles. The number of ether oxygens (including phenoxy) is 1. The van der Waals surface area contributed by atoms with Crippen LogP contribution in [0.4, 0.5) is 0 Å². The summed E-state index contributed by atoms with van der Waals surface area (Å²) < 4.78 is 4.86. The first-order chi connectivity index (χ1) is 5.69. The van der Waals surface area contributed by atoms with Crippen molar-refractivity contribution in [2.24, 2.45) is 11.3 Å². The van der Waals surface area contributed by atoms with Crippen LogP contribution < -0.4 is 0 Å². The minimum atomic E-state index is -0.167. The Bertz CT molecular complexity index is 217. The van der Waals surface area contributed by atoms with Crippen LogP contribution in [0.5, 0.6) is 0 Å². The van der Waals surface area contributed by atoms with E-state index in [9.17, 15) is 4.79 Å². The zero-order valence-corrected chi connectivity index (χ0v) is 8.76. The van der Waals surface area contributed by atoms with E-state index in [1.807, 2.05) is 0 Å². The molecule has 0 amide bonds. The third-order valence-corrected chi connectivity index (χ3v) is 4.63. The molecule has 0 radical (unpaired) electrons. The molecule has 2 saturated carbocycles. The van der Waals surface area contributed by atoms with Gasteiger partial charge >= 0.3 is 5.97 Å². The lowest BCUT2D eigenvalue weighted by atomic mass is 9.84. The second-order valence-corrected chi connectivity index (χ2v) is 5.07. The molecule has 0 aromatic rings. The average molecular weight is 233 g/mol. The molecule has 68 valence electrons. The molecule has 0 aliphatic heterocycles. The molecule has 12 heavy (non-hydrogen) atoms. The number of alkyl halides is 1. The number of methoxy groups -OCH3 is 1. The van der Waals surface area contributed by atoms with Gasteiger partial charge in [-0.2, -0.15) is 0 Å². The summed E-state index contributed by atoms with van der Waals surface area (Å²) in [7, 11) is 1.49. The predicted molar refractivity (Wildman–Crippen MR) is 49.1 cm³/mol. The monoisotopic (exact) mass is 232 g/mol. The van der Waals surface area contributed by atoms with Crippen molar-refractivity contribution in [3.63, 3.8) is 0 Å². The average Bonchev–Trinajstić information content (AvgIpc) is 2.60. The van der Waals surface area contributed by atoms with Gasteiger partial charge in [-0.3, -0.25) is 4.79 Å². The van der Waals surface area contributed by atoms with E-state index in [0.29, 0.717) is 4.83 Å². The summed E-state index contributed by atoms with van der Waals surface area (Å²) in [5, 5.41) is 0. The molecule has 0 aromatic carbocycles. The third-order valence-electron chi connectivity index (χ3n) is 3.38. The number of hydrogen-bond acceptors (Lipinski definition) is 2. The summed E-state index contributed by atoms with van der Waals surface area (Å²) in [5.41, 5.74) is -0.167.